The highest BCUT2D eigenvalue weighted by Gasteiger charge is 2.20. The third-order valence-corrected chi connectivity index (χ3v) is 5.40. The Bertz CT molecular complexity index is 860. The van der Waals surface area contributed by atoms with Crippen LogP contribution in [0.3, 0.4) is 0 Å². The molecule has 2 aliphatic rings. The molecule has 1 saturated heterocycles. The summed E-state index contributed by atoms with van der Waals surface area (Å²) in [5.74, 6) is 3.34. The van der Waals surface area contributed by atoms with Crippen molar-refractivity contribution in [1.29, 1.82) is 0 Å². The standard InChI is InChI=1S/C21H26ClN5O2.HI/c1-23-21(27-10-8-26(9-11-27)19-4-2-3-6-24-19)25-7-5-16-14-17(22)20-18(15-16)28-12-13-29-20;/h2-4,6,14-15H,5,7-13H2,1H3,(H,23,25);1H. The topological polar surface area (TPSA) is 62.2 Å². The SMILES string of the molecule is CN=C(NCCc1cc(Cl)c2c(c1)OCCO2)N1CCN(c2ccccn2)CC1.I. The number of hydrogen-bond donors (Lipinski definition) is 1. The zero-order valence-electron chi connectivity index (χ0n) is 17.0. The van der Waals surface area contributed by atoms with Crippen LogP contribution in [0.15, 0.2) is 41.5 Å². The number of pyridine rings is 1. The third kappa shape index (κ3) is 5.40. The van der Waals surface area contributed by atoms with Crippen molar-refractivity contribution in [3.05, 3.63) is 47.1 Å². The summed E-state index contributed by atoms with van der Waals surface area (Å²) in [6.45, 7) is 5.53. The van der Waals surface area contributed by atoms with Crippen molar-refractivity contribution in [1.82, 2.24) is 15.2 Å². The van der Waals surface area contributed by atoms with E-state index in [1.807, 2.05) is 37.5 Å². The second kappa shape index (κ2) is 10.9. The molecule has 0 bridgehead atoms. The number of nitrogens with one attached hydrogen (secondary N) is 1. The van der Waals surface area contributed by atoms with E-state index in [0.717, 1.165) is 62.2 Å². The summed E-state index contributed by atoms with van der Waals surface area (Å²) in [6, 6.07) is 9.99. The van der Waals surface area contributed by atoms with Crippen LogP contribution in [-0.2, 0) is 6.42 Å². The normalized spacial score (nSPS) is 16.1. The summed E-state index contributed by atoms with van der Waals surface area (Å²) >= 11 is 6.33. The first-order valence-electron chi connectivity index (χ1n) is 9.94. The summed E-state index contributed by atoms with van der Waals surface area (Å²) in [7, 11) is 1.83. The lowest BCUT2D eigenvalue weighted by atomic mass is 10.1. The number of piperazine rings is 1. The van der Waals surface area contributed by atoms with Gasteiger partial charge in [-0.25, -0.2) is 4.98 Å². The molecule has 1 fully saturated rings. The van der Waals surface area contributed by atoms with Crippen LogP contribution in [0.2, 0.25) is 5.02 Å². The molecule has 3 heterocycles. The molecule has 0 saturated carbocycles. The van der Waals surface area contributed by atoms with E-state index in [1.165, 1.54) is 0 Å². The van der Waals surface area contributed by atoms with E-state index >= 15 is 0 Å². The second-order valence-electron chi connectivity index (χ2n) is 6.99. The molecular weight excluding hydrogens is 517 g/mol. The van der Waals surface area contributed by atoms with Crippen LogP contribution in [0.25, 0.3) is 0 Å². The summed E-state index contributed by atoms with van der Waals surface area (Å²) in [5, 5.41) is 4.07. The molecule has 2 aliphatic heterocycles. The van der Waals surface area contributed by atoms with Gasteiger partial charge in [-0.15, -0.1) is 24.0 Å². The van der Waals surface area contributed by atoms with Gasteiger partial charge in [-0.1, -0.05) is 17.7 Å². The van der Waals surface area contributed by atoms with Gasteiger partial charge in [0.05, 0.1) is 5.02 Å². The zero-order valence-corrected chi connectivity index (χ0v) is 20.1. The average Bonchev–Trinajstić information content (AvgIpc) is 2.78. The Morgan fingerprint density at radius 2 is 1.97 bits per heavy atom. The van der Waals surface area contributed by atoms with Crippen molar-refractivity contribution in [3.8, 4) is 11.5 Å². The largest absolute Gasteiger partial charge is 0.486 e. The third-order valence-electron chi connectivity index (χ3n) is 5.12. The van der Waals surface area contributed by atoms with E-state index in [0.29, 0.717) is 24.0 Å². The first-order chi connectivity index (χ1) is 14.2. The Balaban J connectivity index is 0.00000256. The van der Waals surface area contributed by atoms with Gasteiger partial charge in [0.25, 0.3) is 0 Å². The van der Waals surface area contributed by atoms with Crippen LogP contribution in [-0.4, -0.2) is 68.8 Å². The highest BCUT2D eigenvalue weighted by atomic mass is 127. The number of guanidine groups is 1. The lowest BCUT2D eigenvalue weighted by molar-refractivity contribution is 0.171. The number of aliphatic imine (C=N–C) groups is 1. The zero-order chi connectivity index (χ0) is 20.1. The number of ether oxygens (including phenoxy) is 2. The summed E-state index contributed by atoms with van der Waals surface area (Å²) in [5.41, 5.74) is 1.11. The molecule has 0 spiro atoms. The van der Waals surface area contributed by atoms with Crippen molar-refractivity contribution >= 4 is 47.4 Å². The van der Waals surface area contributed by atoms with Crippen molar-refractivity contribution in [3.63, 3.8) is 0 Å². The molecule has 30 heavy (non-hydrogen) atoms. The van der Waals surface area contributed by atoms with E-state index < -0.39 is 0 Å². The summed E-state index contributed by atoms with van der Waals surface area (Å²) < 4.78 is 11.2. The first-order valence-corrected chi connectivity index (χ1v) is 10.3. The average molecular weight is 544 g/mol. The molecule has 7 nitrogen and oxygen atoms in total. The fourth-order valence-electron chi connectivity index (χ4n) is 3.65. The lowest BCUT2D eigenvalue weighted by Crippen LogP contribution is -2.53. The van der Waals surface area contributed by atoms with Gasteiger partial charge in [0.2, 0.25) is 0 Å². The van der Waals surface area contributed by atoms with Crippen molar-refractivity contribution in [2.45, 2.75) is 6.42 Å². The van der Waals surface area contributed by atoms with Crippen molar-refractivity contribution in [2.24, 2.45) is 4.99 Å². The Labute approximate surface area is 199 Å². The minimum Gasteiger partial charge on any atom is -0.486 e. The fraction of sp³-hybridized carbons (Fsp3) is 0.429. The van der Waals surface area contributed by atoms with Gasteiger partial charge in [-0.05, 0) is 36.2 Å². The molecule has 0 radical (unpaired) electrons. The van der Waals surface area contributed by atoms with Gasteiger partial charge in [-0.2, -0.15) is 0 Å². The van der Waals surface area contributed by atoms with Gasteiger partial charge in [0.1, 0.15) is 19.0 Å². The number of anilines is 1. The van der Waals surface area contributed by atoms with Crippen LogP contribution in [0.1, 0.15) is 5.56 Å². The molecule has 0 aliphatic carbocycles. The Morgan fingerprint density at radius 3 is 2.70 bits per heavy atom. The molecule has 0 atom stereocenters. The van der Waals surface area contributed by atoms with Crippen LogP contribution < -0.4 is 19.7 Å². The van der Waals surface area contributed by atoms with Crippen LogP contribution in [0, 0.1) is 0 Å². The molecular formula is C21H27ClIN5O2. The highest BCUT2D eigenvalue weighted by Crippen LogP contribution is 2.38. The maximum absolute atomic E-state index is 6.33. The van der Waals surface area contributed by atoms with Crippen molar-refractivity contribution < 1.29 is 9.47 Å². The molecule has 9 heteroatoms. The maximum atomic E-state index is 6.33. The molecule has 0 amide bonds. The van der Waals surface area contributed by atoms with E-state index in [2.05, 4.69) is 31.2 Å². The van der Waals surface area contributed by atoms with E-state index in [-0.39, 0.29) is 24.0 Å². The van der Waals surface area contributed by atoms with E-state index in [9.17, 15) is 0 Å². The molecule has 1 aromatic heterocycles. The molecule has 162 valence electrons. The highest BCUT2D eigenvalue weighted by molar-refractivity contribution is 14.0. The molecule has 2 aromatic rings. The molecule has 1 aromatic carbocycles. The Kier molecular flexibility index (Phi) is 8.26. The summed E-state index contributed by atoms with van der Waals surface area (Å²) in [6.07, 6.45) is 2.66. The van der Waals surface area contributed by atoms with Gasteiger partial charge in [0.15, 0.2) is 17.5 Å². The van der Waals surface area contributed by atoms with Crippen LogP contribution >= 0.6 is 35.6 Å². The van der Waals surface area contributed by atoms with Gasteiger partial charge in [-0.3, -0.25) is 4.99 Å². The number of hydrogen-bond acceptors (Lipinski definition) is 5. The predicted octanol–water partition coefficient (Wildman–Crippen LogP) is 3.06. The lowest BCUT2D eigenvalue weighted by Gasteiger charge is -2.37. The first kappa shape index (κ1) is 22.7. The number of benzene rings is 1. The monoisotopic (exact) mass is 543 g/mol. The van der Waals surface area contributed by atoms with Crippen LogP contribution in [0.5, 0.6) is 11.5 Å². The van der Waals surface area contributed by atoms with Crippen LogP contribution in [0.4, 0.5) is 5.82 Å². The van der Waals surface area contributed by atoms with Gasteiger partial charge >= 0.3 is 0 Å². The second-order valence-corrected chi connectivity index (χ2v) is 7.40. The quantitative estimate of drug-likeness (QED) is 0.363. The van der Waals surface area contributed by atoms with Crippen molar-refractivity contribution in [2.75, 3.05) is 57.9 Å². The van der Waals surface area contributed by atoms with E-state index in [1.54, 1.807) is 0 Å². The van der Waals surface area contributed by atoms with Gasteiger partial charge in [0, 0.05) is 46.0 Å². The molecule has 0 unspecified atom stereocenters. The number of halogens is 2. The number of nitrogens with zero attached hydrogens (tertiary/aromatic N) is 4. The minimum absolute atomic E-state index is 0. The number of aromatic nitrogens is 1. The molecule has 1 N–H and O–H groups in total. The predicted molar refractivity (Wildman–Crippen MR) is 131 cm³/mol. The smallest absolute Gasteiger partial charge is 0.193 e. The Hall–Kier alpha value is -1.94. The maximum Gasteiger partial charge on any atom is 0.193 e. The summed E-state index contributed by atoms with van der Waals surface area (Å²) in [4.78, 5) is 13.5. The number of fused-ring (bicyclic) bond motifs is 1. The van der Waals surface area contributed by atoms with E-state index in [4.69, 9.17) is 21.1 Å². The molecule has 4 rings (SSSR count). The Morgan fingerprint density at radius 1 is 1.17 bits per heavy atom. The number of rotatable bonds is 4. The fourth-order valence-corrected chi connectivity index (χ4v) is 3.94. The van der Waals surface area contributed by atoms with Gasteiger partial charge < -0.3 is 24.6 Å². The minimum atomic E-state index is 0.